The number of aromatic nitrogens is 2. The van der Waals surface area contributed by atoms with Gasteiger partial charge in [0.05, 0.1) is 12.3 Å². The van der Waals surface area contributed by atoms with Crippen molar-refractivity contribution in [2.24, 2.45) is 0 Å². The van der Waals surface area contributed by atoms with Crippen molar-refractivity contribution in [3.8, 4) is 0 Å². The number of nitrogens with zero attached hydrogens (tertiary/aromatic N) is 3. The van der Waals surface area contributed by atoms with E-state index in [0.29, 0.717) is 12.4 Å². The maximum atomic E-state index is 13.1. The minimum absolute atomic E-state index is 0.113. The number of pyridine rings is 1. The number of hydrogen-bond donors (Lipinski definition) is 1. The van der Waals surface area contributed by atoms with E-state index in [1.807, 2.05) is 40.6 Å². The van der Waals surface area contributed by atoms with Crippen LogP contribution in [0.15, 0.2) is 48.7 Å². The quantitative estimate of drug-likeness (QED) is 0.800. The van der Waals surface area contributed by atoms with Crippen molar-refractivity contribution in [2.75, 3.05) is 11.4 Å². The Labute approximate surface area is 122 Å². The molecule has 0 unspecified atom stereocenters. The third-order valence-corrected chi connectivity index (χ3v) is 3.47. The predicted molar refractivity (Wildman–Crippen MR) is 80.2 cm³/mol. The molecule has 0 radical (unpaired) electrons. The van der Waals surface area contributed by atoms with Gasteiger partial charge in [0.1, 0.15) is 11.5 Å². The number of benzene rings is 1. The summed E-state index contributed by atoms with van der Waals surface area (Å²) in [6.07, 6.45) is 1.87. The minimum atomic E-state index is -0.271. The number of imidazole rings is 1. The molecule has 0 saturated heterocycles. The van der Waals surface area contributed by atoms with Crippen LogP contribution in [0.25, 0.3) is 5.65 Å². The average Bonchev–Trinajstić information content (AvgIpc) is 2.88. The van der Waals surface area contributed by atoms with Gasteiger partial charge in [0.25, 0.3) is 0 Å². The Balaban J connectivity index is 2.14. The maximum Gasteiger partial charge on any atom is 0.157 e. The molecule has 0 aliphatic carbocycles. The molecule has 1 N–H and O–H groups in total. The fourth-order valence-electron chi connectivity index (χ4n) is 2.47. The van der Waals surface area contributed by atoms with Gasteiger partial charge in [-0.3, -0.25) is 4.40 Å². The average molecular weight is 285 g/mol. The zero-order chi connectivity index (χ0) is 14.8. The Morgan fingerprint density at radius 3 is 2.62 bits per heavy atom. The summed E-state index contributed by atoms with van der Waals surface area (Å²) in [6, 6.07) is 12.0. The van der Waals surface area contributed by atoms with Gasteiger partial charge >= 0.3 is 0 Å². The highest BCUT2D eigenvalue weighted by Crippen LogP contribution is 2.28. The molecule has 3 aromatic rings. The number of fused-ring (bicyclic) bond motifs is 1. The van der Waals surface area contributed by atoms with Gasteiger partial charge in [-0.05, 0) is 43.3 Å². The monoisotopic (exact) mass is 285 g/mol. The van der Waals surface area contributed by atoms with Crippen LogP contribution in [0.2, 0.25) is 0 Å². The molecule has 5 heteroatoms. The molecule has 0 amide bonds. The minimum Gasteiger partial charge on any atom is -0.390 e. The SMILES string of the molecule is CCN(c1ccc(F)cc1)c1nc2ccccn2c1CO. The van der Waals surface area contributed by atoms with Gasteiger partial charge in [0.2, 0.25) is 0 Å². The Bertz CT molecular complexity index is 752. The van der Waals surface area contributed by atoms with Crippen molar-refractivity contribution in [1.29, 1.82) is 0 Å². The van der Waals surface area contributed by atoms with E-state index in [9.17, 15) is 9.50 Å². The van der Waals surface area contributed by atoms with E-state index in [1.54, 1.807) is 12.1 Å². The second-order valence-electron chi connectivity index (χ2n) is 4.69. The van der Waals surface area contributed by atoms with Gasteiger partial charge in [-0.25, -0.2) is 9.37 Å². The van der Waals surface area contributed by atoms with E-state index >= 15 is 0 Å². The summed E-state index contributed by atoms with van der Waals surface area (Å²) in [4.78, 5) is 6.54. The lowest BCUT2D eigenvalue weighted by molar-refractivity contribution is 0.276. The Hall–Kier alpha value is -2.40. The molecule has 0 aliphatic heterocycles. The fourth-order valence-corrected chi connectivity index (χ4v) is 2.47. The van der Waals surface area contributed by atoms with Gasteiger partial charge in [0.15, 0.2) is 5.82 Å². The predicted octanol–water partition coefficient (Wildman–Crippen LogP) is 3.12. The van der Waals surface area contributed by atoms with Crippen LogP contribution in [-0.4, -0.2) is 21.0 Å². The molecule has 21 heavy (non-hydrogen) atoms. The molecule has 4 nitrogen and oxygen atoms in total. The van der Waals surface area contributed by atoms with Crippen LogP contribution >= 0.6 is 0 Å². The van der Waals surface area contributed by atoms with Gasteiger partial charge < -0.3 is 10.0 Å². The van der Waals surface area contributed by atoms with Crippen LogP contribution in [-0.2, 0) is 6.61 Å². The summed E-state index contributed by atoms with van der Waals surface area (Å²) >= 11 is 0. The van der Waals surface area contributed by atoms with Gasteiger partial charge in [-0.15, -0.1) is 0 Å². The summed E-state index contributed by atoms with van der Waals surface area (Å²) in [7, 11) is 0. The third-order valence-electron chi connectivity index (χ3n) is 3.47. The third kappa shape index (κ3) is 2.36. The number of anilines is 2. The Morgan fingerprint density at radius 1 is 1.19 bits per heavy atom. The topological polar surface area (TPSA) is 40.8 Å². The van der Waals surface area contributed by atoms with Crippen LogP contribution in [0.1, 0.15) is 12.6 Å². The molecule has 0 atom stereocenters. The largest absolute Gasteiger partial charge is 0.390 e. The normalized spacial score (nSPS) is 11.0. The van der Waals surface area contributed by atoms with Crippen molar-refractivity contribution in [2.45, 2.75) is 13.5 Å². The fraction of sp³-hybridized carbons (Fsp3) is 0.188. The van der Waals surface area contributed by atoms with Crippen LogP contribution in [0.5, 0.6) is 0 Å². The van der Waals surface area contributed by atoms with Crippen LogP contribution in [0, 0.1) is 5.82 Å². The zero-order valence-electron chi connectivity index (χ0n) is 11.7. The number of hydrogen-bond acceptors (Lipinski definition) is 3. The van der Waals surface area contributed by atoms with E-state index in [-0.39, 0.29) is 12.4 Å². The highest BCUT2D eigenvalue weighted by Gasteiger charge is 2.17. The summed E-state index contributed by atoms with van der Waals surface area (Å²) in [5.41, 5.74) is 2.34. The molecule has 0 saturated carbocycles. The van der Waals surface area contributed by atoms with E-state index in [0.717, 1.165) is 17.0 Å². The molecular formula is C16H16FN3O. The molecule has 1 aromatic carbocycles. The summed E-state index contributed by atoms with van der Waals surface area (Å²) in [6.45, 7) is 2.55. The van der Waals surface area contributed by atoms with Crippen molar-refractivity contribution in [1.82, 2.24) is 9.38 Å². The first-order chi connectivity index (χ1) is 10.2. The van der Waals surface area contributed by atoms with Gasteiger partial charge in [0, 0.05) is 18.4 Å². The number of aliphatic hydroxyl groups is 1. The highest BCUT2D eigenvalue weighted by molar-refractivity contribution is 5.65. The molecular weight excluding hydrogens is 269 g/mol. The molecule has 0 bridgehead atoms. The van der Waals surface area contributed by atoms with E-state index in [2.05, 4.69) is 4.98 Å². The molecule has 2 heterocycles. The standard InChI is InChI=1S/C16H16FN3O/c1-2-19(13-8-6-12(17)7-9-13)16-14(11-21)20-10-4-3-5-15(20)18-16/h3-10,21H,2,11H2,1H3. The first kappa shape index (κ1) is 13.6. The van der Waals surface area contributed by atoms with E-state index in [1.165, 1.54) is 12.1 Å². The summed E-state index contributed by atoms with van der Waals surface area (Å²) in [5.74, 6) is 0.421. The van der Waals surface area contributed by atoms with Crippen LogP contribution < -0.4 is 4.90 Å². The molecule has 0 aliphatic rings. The highest BCUT2D eigenvalue weighted by atomic mass is 19.1. The smallest absolute Gasteiger partial charge is 0.157 e. The van der Waals surface area contributed by atoms with E-state index in [4.69, 9.17) is 0 Å². The van der Waals surface area contributed by atoms with E-state index < -0.39 is 0 Å². The maximum absolute atomic E-state index is 13.1. The van der Waals surface area contributed by atoms with Gasteiger partial charge in [-0.2, -0.15) is 0 Å². The van der Waals surface area contributed by atoms with Gasteiger partial charge in [-0.1, -0.05) is 6.07 Å². The number of aliphatic hydroxyl groups excluding tert-OH is 1. The second kappa shape index (κ2) is 5.54. The molecule has 0 spiro atoms. The summed E-state index contributed by atoms with van der Waals surface area (Å²) < 4.78 is 15.0. The zero-order valence-corrected chi connectivity index (χ0v) is 11.7. The lowest BCUT2D eigenvalue weighted by Crippen LogP contribution is -2.18. The van der Waals surface area contributed by atoms with Crippen molar-refractivity contribution in [3.63, 3.8) is 0 Å². The molecule has 108 valence electrons. The lowest BCUT2D eigenvalue weighted by Gasteiger charge is -2.21. The first-order valence-electron chi connectivity index (χ1n) is 6.84. The molecule has 3 rings (SSSR count). The lowest BCUT2D eigenvalue weighted by atomic mass is 10.2. The second-order valence-corrected chi connectivity index (χ2v) is 4.69. The van der Waals surface area contributed by atoms with Crippen molar-refractivity contribution < 1.29 is 9.50 Å². The first-order valence-corrected chi connectivity index (χ1v) is 6.84. The number of rotatable bonds is 4. The summed E-state index contributed by atoms with van der Waals surface area (Å²) in [5, 5.41) is 9.69. The number of halogens is 1. The van der Waals surface area contributed by atoms with Crippen molar-refractivity contribution in [3.05, 3.63) is 60.2 Å². The molecule has 2 aromatic heterocycles. The Kier molecular flexibility index (Phi) is 3.58. The van der Waals surface area contributed by atoms with Crippen LogP contribution in [0.4, 0.5) is 15.9 Å². The Morgan fingerprint density at radius 2 is 1.95 bits per heavy atom. The van der Waals surface area contributed by atoms with Crippen LogP contribution in [0.3, 0.4) is 0 Å². The van der Waals surface area contributed by atoms with Crippen molar-refractivity contribution >= 4 is 17.2 Å². The molecule has 0 fully saturated rings.